The molecule has 0 saturated carbocycles. The Hall–Kier alpha value is -1.85. The molecule has 1 fully saturated rings. The number of aromatic amines is 1. The summed E-state index contributed by atoms with van der Waals surface area (Å²) in [5.74, 6) is -0.674. The Morgan fingerprint density at radius 2 is 2.25 bits per heavy atom. The van der Waals surface area contributed by atoms with Crippen LogP contribution < -0.4 is 0 Å². The Morgan fingerprint density at radius 3 is 2.80 bits per heavy atom. The summed E-state index contributed by atoms with van der Waals surface area (Å²) in [7, 11) is 1.32. The van der Waals surface area contributed by atoms with Gasteiger partial charge in [0.15, 0.2) is 0 Å². The Morgan fingerprint density at radius 1 is 1.50 bits per heavy atom. The van der Waals surface area contributed by atoms with Crippen molar-refractivity contribution in [2.75, 3.05) is 13.7 Å². The van der Waals surface area contributed by atoms with Crippen molar-refractivity contribution in [3.63, 3.8) is 0 Å². The number of aromatic nitrogens is 2. The van der Waals surface area contributed by atoms with Crippen LogP contribution in [0.5, 0.6) is 0 Å². The quantitative estimate of drug-likeness (QED) is 0.669. The number of H-pyrrole nitrogens is 1. The number of nitrogens with one attached hydrogen (secondary N) is 1. The van der Waals surface area contributed by atoms with Gasteiger partial charge in [0, 0.05) is 18.9 Å². The summed E-state index contributed by atoms with van der Waals surface area (Å²) in [5.41, 5.74) is 0. The predicted molar refractivity (Wildman–Crippen MR) is 72.6 cm³/mol. The van der Waals surface area contributed by atoms with Crippen LogP contribution >= 0.6 is 0 Å². The molecule has 2 rings (SSSR count). The van der Waals surface area contributed by atoms with Gasteiger partial charge in [0.2, 0.25) is 5.91 Å². The van der Waals surface area contributed by atoms with Crippen molar-refractivity contribution in [3.05, 3.63) is 18.2 Å². The molecule has 20 heavy (non-hydrogen) atoms. The number of carbonyl (C=O) groups is 2. The largest absolute Gasteiger partial charge is 0.468 e. The van der Waals surface area contributed by atoms with Crippen LogP contribution in [-0.2, 0) is 14.3 Å². The number of hydrogen-bond acceptors (Lipinski definition) is 4. The second-order valence-corrected chi connectivity index (χ2v) is 5.41. The maximum atomic E-state index is 12.7. The zero-order valence-corrected chi connectivity index (χ0v) is 12.1. The van der Waals surface area contributed by atoms with E-state index in [1.807, 2.05) is 13.8 Å². The lowest BCUT2D eigenvalue weighted by Crippen LogP contribution is -2.42. The highest BCUT2D eigenvalue weighted by Gasteiger charge is 2.40. The number of ether oxygens (including phenoxy) is 1. The highest BCUT2D eigenvalue weighted by Crippen LogP contribution is 2.32. The molecule has 0 aromatic carbocycles. The molecule has 6 nitrogen and oxygen atoms in total. The summed E-state index contributed by atoms with van der Waals surface area (Å²) in [6.07, 6.45) is 5.21. The van der Waals surface area contributed by atoms with Crippen molar-refractivity contribution >= 4 is 11.9 Å². The van der Waals surface area contributed by atoms with Crippen LogP contribution in [0.3, 0.4) is 0 Å². The summed E-state index contributed by atoms with van der Waals surface area (Å²) in [6.45, 7) is 4.37. The first-order chi connectivity index (χ1) is 9.56. The first kappa shape index (κ1) is 14.6. The summed E-state index contributed by atoms with van der Waals surface area (Å²) < 4.78 is 4.77. The van der Waals surface area contributed by atoms with Crippen LogP contribution in [0.4, 0.5) is 0 Å². The van der Waals surface area contributed by atoms with E-state index in [1.165, 1.54) is 7.11 Å². The Kier molecular flexibility index (Phi) is 4.42. The molecule has 1 aromatic rings. The van der Waals surface area contributed by atoms with E-state index in [4.69, 9.17) is 4.74 Å². The molecule has 2 atom stereocenters. The fourth-order valence-electron chi connectivity index (χ4n) is 2.74. The van der Waals surface area contributed by atoms with E-state index < -0.39 is 11.9 Å². The van der Waals surface area contributed by atoms with Crippen LogP contribution in [0.25, 0.3) is 0 Å². The van der Waals surface area contributed by atoms with Gasteiger partial charge in [-0.3, -0.25) is 9.59 Å². The number of nitrogens with zero attached hydrogens (tertiary/aromatic N) is 2. The number of rotatable bonds is 4. The number of imidazole rings is 1. The van der Waals surface area contributed by atoms with Gasteiger partial charge in [-0.2, -0.15) is 0 Å². The maximum Gasteiger partial charge on any atom is 0.318 e. The fraction of sp³-hybridized carbons (Fsp3) is 0.643. The van der Waals surface area contributed by atoms with Gasteiger partial charge in [-0.1, -0.05) is 13.8 Å². The molecule has 6 heteroatoms. The van der Waals surface area contributed by atoms with E-state index in [0.29, 0.717) is 6.54 Å². The monoisotopic (exact) mass is 279 g/mol. The minimum atomic E-state index is -0.740. The van der Waals surface area contributed by atoms with Gasteiger partial charge < -0.3 is 14.6 Å². The van der Waals surface area contributed by atoms with Crippen molar-refractivity contribution in [2.24, 2.45) is 11.8 Å². The third-order valence-corrected chi connectivity index (χ3v) is 3.76. The van der Waals surface area contributed by atoms with Gasteiger partial charge in [0.25, 0.3) is 0 Å². The maximum absolute atomic E-state index is 12.7. The number of amides is 1. The molecule has 1 saturated heterocycles. The number of methoxy groups -OCH3 is 1. The predicted octanol–water partition coefficient (Wildman–Crippen LogP) is 1.52. The molecule has 110 valence electrons. The Bertz CT molecular complexity index is 470. The van der Waals surface area contributed by atoms with E-state index in [-0.39, 0.29) is 17.9 Å². The number of hydrogen-bond donors (Lipinski definition) is 1. The van der Waals surface area contributed by atoms with Gasteiger partial charge in [-0.25, -0.2) is 4.98 Å². The van der Waals surface area contributed by atoms with Crippen LogP contribution in [0.2, 0.25) is 0 Å². The van der Waals surface area contributed by atoms with Crippen LogP contribution in [0, 0.1) is 11.8 Å². The van der Waals surface area contributed by atoms with Gasteiger partial charge in [-0.05, 0) is 18.8 Å². The standard InChI is InChI=1S/C14H21N3O3/c1-9(2)11(14(19)20-3)13(18)17-8-4-5-10(17)12-15-6-7-16-12/h6-7,9-11H,4-5,8H2,1-3H3,(H,15,16)/t10-,11-/m0/s1. The highest BCUT2D eigenvalue weighted by molar-refractivity contribution is 5.98. The van der Waals surface area contributed by atoms with E-state index in [0.717, 1.165) is 18.7 Å². The zero-order chi connectivity index (χ0) is 14.7. The number of likely N-dealkylation sites (tertiary alicyclic amines) is 1. The molecule has 1 amide bonds. The minimum Gasteiger partial charge on any atom is -0.468 e. The summed E-state index contributed by atoms with van der Waals surface area (Å²) in [4.78, 5) is 33.6. The number of carbonyl (C=O) groups excluding carboxylic acids is 2. The van der Waals surface area contributed by atoms with Crippen molar-refractivity contribution in [1.29, 1.82) is 0 Å². The minimum absolute atomic E-state index is 0.0663. The molecule has 2 heterocycles. The fourth-order valence-corrected chi connectivity index (χ4v) is 2.74. The Labute approximate surface area is 118 Å². The molecular formula is C14H21N3O3. The van der Waals surface area contributed by atoms with Crippen molar-refractivity contribution in [2.45, 2.75) is 32.7 Å². The lowest BCUT2D eigenvalue weighted by atomic mass is 9.94. The summed E-state index contributed by atoms with van der Waals surface area (Å²) in [6, 6.07) is -0.0663. The molecule has 1 aromatic heterocycles. The molecule has 1 aliphatic heterocycles. The normalized spacial score (nSPS) is 20.2. The summed E-state index contributed by atoms with van der Waals surface area (Å²) >= 11 is 0. The van der Waals surface area contributed by atoms with Crippen LogP contribution in [0.1, 0.15) is 38.6 Å². The van der Waals surface area contributed by atoms with Gasteiger partial charge >= 0.3 is 5.97 Å². The van der Waals surface area contributed by atoms with Gasteiger partial charge in [-0.15, -0.1) is 0 Å². The summed E-state index contributed by atoms with van der Waals surface area (Å²) in [5, 5.41) is 0. The first-order valence-corrected chi connectivity index (χ1v) is 6.93. The second kappa shape index (κ2) is 6.07. The lowest BCUT2D eigenvalue weighted by molar-refractivity contribution is -0.156. The topological polar surface area (TPSA) is 75.3 Å². The lowest BCUT2D eigenvalue weighted by Gasteiger charge is -2.28. The van der Waals surface area contributed by atoms with E-state index in [9.17, 15) is 9.59 Å². The second-order valence-electron chi connectivity index (χ2n) is 5.41. The molecule has 0 unspecified atom stereocenters. The third-order valence-electron chi connectivity index (χ3n) is 3.76. The SMILES string of the molecule is COC(=O)[C@H](C(=O)N1CCC[C@H]1c1ncc[nH]1)C(C)C. The highest BCUT2D eigenvalue weighted by atomic mass is 16.5. The van der Waals surface area contributed by atoms with Crippen molar-refractivity contribution < 1.29 is 14.3 Å². The van der Waals surface area contributed by atoms with Gasteiger partial charge in [0.1, 0.15) is 11.7 Å². The smallest absolute Gasteiger partial charge is 0.318 e. The zero-order valence-electron chi connectivity index (χ0n) is 12.1. The van der Waals surface area contributed by atoms with E-state index >= 15 is 0 Å². The van der Waals surface area contributed by atoms with Crippen molar-refractivity contribution in [3.8, 4) is 0 Å². The van der Waals surface area contributed by atoms with Crippen LogP contribution in [0.15, 0.2) is 12.4 Å². The Balaban J connectivity index is 2.20. The van der Waals surface area contributed by atoms with Crippen molar-refractivity contribution in [1.82, 2.24) is 14.9 Å². The third kappa shape index (κ3) is 2.69. The van der Waals surface area contributed by atoms with E-state index in [2.05, 4.69) is 9.97 Å². The average molecular weight is 279 g/mol. The molecule has 0 aliphatic carbocycles. The van der Waals surface area contributed by atoms with Gasteiger partial charge in [0.05, 0.1) is 13.2 Å². The first-order valence-electron chi connectivity index (χ1n) is 6.93. The molecule has 0 bridgehead atoms. The number of esters is 1. The molecule has 1 aliphatic rings. The molecule has 0 radical (unpaired) electrons. The van der Waals surface area contributed by atoms with Crippen LogP contribution in [-0.4, -0.2) is 40.4 Å². The molecule has 1 N–H and O–H groups in total. The molecular weight excluding hydrogens is 258 g/mol. The van der Waals surface area contributed by atoms with E-state index in [1.54, 1.807) is 17.3 Å². The average Bonchev–Trinajstić information content (AvgIpc) is 3.08. The molecule has 0 spiro atoms.